The standard InChI is InChI=1S/C22H27N3O2/c1-16-5-6-20-19(12-16)21(26)24-15-22(27-20)9-7-18(8-10-22)25(2)14-17-4-3-11-23-13-17/h3-6,11-13,18H,7-10,14-15H2,1-2H3,(H,24,26). The summed E-state index contributed by atoms with van der Waals surface area (Å²) in [6.45, 7) is 3.49. The van der Waals surface area contributed by atoms with Crippen molar-refractivity contribution in [1.82, 2.24) is 15.2 Å². The number of nitrogens with zero attached hydrogens (tertiary/aromatic N) is 2. The van der Waals surface area contributed by atoms with Gasteiger partial charge in [0.05, 0.1) is 12.1 Å². The lowest BCUT2D eigenvalue weighted by Crippen LogP contribution is -2.50. The Hall–Kier alpha value is -2.40. The van der Waals surface area contributed by atoms with E-state index in [0.717, 1.165) is 43.5 Å². The van der Waals surface area contributed by atoms with E-state index >= 15 is 0 Å². The lowest BCUT2D eigenvalue weighted by Gasteiger charge is -2.42. The number of pyridine rings is 1. The zero-order valence-corrected chi connectivity index (χ0v) is 16.1. The summed E-state index contributed by atoms with van der Waals surface area (Å²) in [4.78, 5) is 19.1. The van der Waals surface area contributed by atoms with Gasteiger partial charge in [0.25, 0.3) is 5.91 Å². The molecule has 4 rings (SSSR count). The summed E-state index contributed by atoms with van der Waals surface area (Å²) in [5.41, 5.74) is 2.68. The number of aryl methyl sites for hydroxylation is 1. The topological polar surface area (TPSA) is 54.5 Å². The van der Waals surface area contributed by atoms with Crippen molar-refractivity contribution in [3.05, 3.63) is 59.4 Å². The number of hydrogen-bond donors (Lipinski definition) is 1. The average molecular weight is 365 g/mol. The number of carbonyl (C=O) groups is 1. The Morgan fingerprint density at radius 3 is 2.85 bits per heavy atom. The molecule has 1 N–H and O–H groups in total. The SMILES string of the molecule is Cc1ccc2c(c1)C(=O)NCC1(CCC(N(C)Cc3cccnc3)CC1)O2. The quantitative estimate of drug-likeness (QED) is 0.907. The maximum atomic E-state index is 12.5. The smallest absolute Gasteiger partial charge is 0.255 e. The van der Waals surface area contributed by atoms with Crippen LogP contribution >= 0.6 is 0 Å². The molecular formula is C22H27N3O2. The van der Waals surface area contributed by atoms with Crippen LogP contribution in [0.25, 0.3) is 0 Å². The summed E-state index contributed by atoms with van der Waals surface area (Å²) >= 11 is 0. The largest absolute Gasteiger partial charge is 0.485 e. The Morgan fingerprint density at radius 2 is 2.11 bits per heavy atom. The Bertz CT molecular complexity index is 814. The van der Waals surface area contributed by atoms with Gasteiger partial charge in [0.15, 0.2) is 0 Å². The first-order chi connectivity index (χ1) is 13.0. The molecule has 1 aliphatic carbocycles. The zero-order chi connectivity index (χ0) is 18.9. The van der Waals surface area contributed by atoms with E-state index in [2.05, 4.69) is 28.3 Å². The van der Waals surface area contributed by atoms with Crippen LogP contribution in [-0.4, -0.2) is 41.0 Å². The van der Waals surface area contributed by atoms with Crippen molar-refractivity contribution in [2.45, 2.75) is 50.8 Å². The van der Waals surface area contributed by atoms with Gasteiger partial charge in [0, 0.05) is 25.0 Å². The first-order valence-corrected chi connectivity index (χ1v) is 9.72. The number of rotatable bonds is 3. The number of fused-ring (bicyclic) bond motifs is 1. The van der Waals surface area contributed by atoms with E-state index in [-0.39, 0.29) is 11.5 Å². The summed E-state index contributed by atoms with van der Waals surface area (Å²) < 4.78 is 6.45. The number of nitrogens with one attached hydrogen (secondary N) is 1. The Balaban J connectivity index is 1.43. The molecule has 1 fully saturated rings. The van der Waals surface area contributed by atoms with Crippen LogP contribution in [0, 0.1) is 6.92 Å². The van der Waals surface area contributed by atoms with E-state index in [1.807, 2.05) is 43.6 Å². The summed E-state index contributed by atoms with van der Waals surface area (Å²) in [5, 5.41) is 3.09. The van der Waals surface area contributed by atoms with E-state index in [0.29, 0.717) is 18.2 Å². The van der Waals surface area contributed by atoms with Crippen LogP contribution in [0.4, 0.5) is 0 Å². The van der Waals surface area contributed by atoms with Crippen LogP contribution in [0.1, 0.15) is 47.2 Å². The third-order valence-electron chi connectivity index (χ3n) is 5.92. The second-order valence-electron chi connectivity index (χ2n) is 7.97. The van der Waals surface area contributed by atoms with Crippen LogP contribution in [-0.2, 0) is 6.54 Å². The molecule has 1 spiro atoms. The van der Waals surface area contributed by atoms with Crippen LogP contribution in [0.2, 0.25) is 0 Å². The molecule has 0 atom stereocenters. The number of hydrogen-bond acceptors (Lipinski definition) is 4. The molecule has 142 valence electrons. The van der Waals surface area contributed by atoms with Crippen molar-refractivity contribution in [1.29, 1.82) is 0 Å². The van der Waals surface area contributed by atoms with E-state index in [1.165, 1.54) is 5.56 Å². The van der Waals surface area contributed by atoms with Crippen molar-refractivity contribution in [2.24, 2.45) is 0 Å². The molecule has 1 amide bonds. The van der Waals surface area contributed by atoms with Crippen molar-refractivity contribution in [3.63, 3.8) is 0 Å². The Kier molecular flexibility index (Phi) is 4.87. The van der Waals surface area contributed by atoms with Crippen LogP contribution in [0.3, 0.4) is 0 Å². The van der Waals surface area contributed by atoms with Gasteiger partial charge >= 0.3 is 0 Å². The molecule has 1 aromatic carbocycles. The van der Waals surface area contributed by atoms with Crippen molar-refractivity contribution in [3.8, 4) is 5.75 Å². The highest BCUT2D eigenvalue weighted by molar-refractivity contribution is 5.97. The summed E-state index contributed by atoms with van der Waals surface area (Å²) in [5.74, 6) is 0.694. The fraction of sp³-hybridized carbons (Fsp3) is 0.455. The van der Waals surface area contributed by atoms with Gasteiger partial charge in [0.1, 0.15) is 11.4 Å². The Labute approximate surface area is 160 Å². The molecule has 1 saturated carbocycles. The van der Waals surface area contributed by atoms with E-state index in [9.17, 15) is 4.79 Å². The van der Waals surface area contributed by atoms with Crippen molar-refractivity contribution < 1.29 is 9.53 Å². The Morgan fingerprint density at radius 1 is 1.30 bits per heavy atom. The van der Waals surface area contributed by atoms with Gasteiger partial charge in [-0.15, -0.1) is 0 Å². The van der Waals surface area contributed by atoms with Crippen molar-refractivity contribution in [2.75, 3.05) is 13.6 Å². The molecule has 0 saturated heterocycles. The second-order valence-corrected chi connectivity index (χ2v) is 7.97. The molecule has 2 aliphatic rings. The van der Waals surface area contributed by atoms with Gasteiger partial charge in [-0.2, -0.15) is 0 Å². The fourth-order valence-electron chi connectivity index (χ4n) is 4.27. The van der Waals surface area contributed by atoms with Crippen molar-refractivity contribution >= 4 is 5.91 Å². The molecule has 0 unspecified atom stereocenters. The molecule has 2 aromatic rings. The highest BCUT2D eigenvalue weighted by atomic mass is 16.5. The predicted molar refractivity (Wildman–Crippen MR) is 105 cm³/mol. The number of amides is 1. The summed E-state index contributed by atoms with van der Waals surface area (Å²) in [6, 6.07) is 10.5. The minimum atomic E-state index is -0.290. The van der Waals surface area contributed by atoms with Gasteiger partial charge in [-0.05, 0) is 63.4 Å². The van der Waals surface area contributed by atoms with Crippen LogP contribution in [0.15, 0.2) is 42.7 Å². The number of carbonyl (C=O) groups excluding carboxylic acids is 1. The second kappa shape index (κ2) is 7.31. The number of benzene rings is 1. The van der Waals surface area contributed by atoms with E-state index in [4.69, 9.17) is 4.74 Å². The molecular weight excluding hydrogens is 338 g/mol. The fourth-order valence-corrected chi connectivity index (χ4v) is 4.27. The van der Waals surface area contributed by atoms with Gasteiger partial charge in [-0.25, -0.2) is 0 Å². The molecule has 1 aromatic heterocycles. The van der Waals surface area contributed by atoms with E-state index < -0.39 is 0 Å². The molecule has 2 heterocycles. The maximum absolute atomic E-state index is 12.5. The predicted octanol–water partition coefficient (Wildman–Crippen LogP) is 3.33. The minimum absolute atomic E-state index is 0.0265. The maximum Gasteiger partial charge on any atom is 0.255 e. The lowest BCUT2D eigenvalue weighted by atomic mass is 9.81. The average Bonchev–Trinajstić information content (AvgIpc) is 2.81. The highest BCUT2D eigenvalue weighted by Crippen LogP contribution is 2.37. The third kappa shape index (κ3) is 3.83. The molecule has 5 heteroatoms. The zero-order valence-electron chi connectivity index (χ0n) is 16.1. The lowest BCUT2D eigenvalue weighted by molar-refractivity contribution is 0.00883. The molecule has 27 heavy (non-hydrogen) atoms. The summed E-state index contributed by atoms with van der Waals surface area (Å²) in [6.07, 6.45) is 7.77. The molecule has 0 radical (unpaired) electrons. The van der Waals surface area contributed by atoms with Gasteiger partial charge in [-0.1, -0.05) is 17.7 Å². The van der Waals surface area contributed by atoms with Gasteiger partial charge in [-0.3, -0.25) is 14.7 Å². The van der Waals surface area contributed by atoms with Crippen LogP contribution in [0.5, 0.6) is 5.75 Å². The highest BCUT2D eigenvalue weighted by Gasteiger charge is 2.41. The molecule has 0 bridgehead atoms. The number of ether oxygens (including phenoxy) is 1. The van der Waals surface area contributed by atoms with E-state index in [1.54, 1.807) is 0 Å². The third-order valence-corrected chi connectivity index (χ3v) is 5.92. The van der Waals surface area contributed by atoms with Gasteiger partial charge in [0.2, 0.25) is 0 Å². The first kappa shape index (κ1) is 18.0. The molecule has 1 aliphatic heterocycles. The van der Waals surface area contributed by atoms with Gasteiger partial charge < -0.3 is 10.1 Å². The molecule has 5 nitrogen and oxygen atoms in total. The minimum Gasteiger partial charge on any atom is -0.485 e. The van der Waals surface area contributed by atoms with Crippen LogP contribution < -0.4 is 10.1 Å². The summed E-state index contributed by atoms with van der Waals surface area (Å²) in [7, 11) is 2.18. The normalized spacial score (nSPS) is 24.9. The number of aromatic nitrogens is 1. The monoisotopic (exact) mass is 365 g/mol. The first-order valence-electron chi connectivity index (χ1n) is 9.72.